The number of morpholine rings is 1. The van der Waals surface area contributed by atoms with Crippen molar-refractivity contribution in [3.63, 3.8) is 0 Å². The number of aromatic nitrogens is 3. The number of carbonyl (C=O) groups excluding carboxylic acids is 2. The molecular formula is C20H21N5O5. The summed E-state index contributed by atoms with van der Waals surface area (Å²) in [5.41, 5.74) is 0.877. The van der Waals surface area contributed by atoms with Gasteiger partial charge in [0.05, 0.1) is 31.6 Å². The largest absolute Gasteiger partial charge is 0.491 e. The van der Waals surface area contributed by atoms with Crippen LogP contribution in [-0.4, -0.2) is 70.4 Å². The minimum Gasteiger partial charge on any atom is -0.491 e. The first kappa shape index (κ1) is 19.6. The number of nitrogens with zero attached hydrogens (tertiary/aromatic N) is 4. The Balaban J connectivity index is 1.23. The smallest absolute Gasteiger partial charge is 0.287 e. The normalized spacial score (nSPS) is 16.3. The van der Waals surface area contributed by atoms with Gasteiger partial charge in [-0.3, -0.25) is 9.59 Å². The Labute approximate surface area is 172 Å². The molecule has 1 N–H and O–H groups in total. The zero-order valence-corrected chi connectivity index (χ0v) is 16.1. The Morgan fingerprint density at radius 1 is 1.23 bits per heavy atom. The molecule has 1 atom stereocenters. The van der Waals surface area contributed by atoms with E-state index in [9.17, 15) is 9.59 Å². The fraction of sp³-hybridized carbons (Fsp3) is 0.300. The van der Waals surface area contributed by atoms with Gasteiger partial charge in [0, 0.05) is 6.54 Å². The molecule has 0 aliphatic carbocycles. The van der Waals surface area contributed by atoms with Gasteiger partial charge < -0.3 is 24.1 Å². The maximum atomic E-state index is 12.4. The number of ether oxygens (including phenoxy) is 2. The van der Waals surface area contributed by atoms with E-state index in [1.165, 1.54) is 12.6 Å². The quantitative estimate of drug-likeness (QED) is 0.615. The lowest BCUT2D eigenvalue weighted by Crippen LogP contribution is -2.50. The van der Waals surface area contributed by atoms with Crippen LogP contribution in [0, 0.1) is 0 Å². The third-order valence-corrected chi connectivity index (χ3v) is 4.59. The average molecular weight is 411 g/mol. The molecule has 0 saturated carbocycles. The van der Waals surface area contributed by atoms with Gasteiger partial charge in [0.25, 0.3) is 5.91 Å². The van der Waals surface area contributed by atoms with E-state index >= 15 is 0 Å². The summed E-state index contributed by atoms with van der Waals surface area (Å²) < 4.78 is 18.2. The minimum atomic E-state index is -0.421. The number of rotatable bonds is 7. The molecule has 0 bridgehead atoms. The van der Waals surface area contributed by atoms with Gasteiger partial charge in [-0.2, -0.15) is 5.10 Å². The van der Waals surface area contributed by atoms with Crippen LogP contribution in [0.3, 0.4) is 0 Å². The maximum Gasteiger partial charge on any atom is 0.287 e. The van der Waals surface area contributed by atoms with E-state index in [0.717, 1.165) is 5.69 Å². The van der Waals surface area contributed by atoms with Crippen molar-refractivity contribution >= 4 is 11.8 Å². The van der Waals surface area contributed by atoms with E-state index in [-0.39, 0.29) is 24.3 Å². The van der Waals surface area contributed by atoms with Crippen LogP contribution in [0.5, 0.6) is 5.75 Å². The minimum absolute atomic E-state index is 0.100. The van der Waals surface area contributed by atoms with Crippen LogP contribution >= 0.6 is 0 Å². The molecule has 1 aliphatic rings. The SMILES string of the molecule is O=C(NCC(=O)N1CCOC(COc2ccc(-n3cncn3)cc2)C1)c1ccco1. The summed E-state index contributed by atoms with van der Waals surface area (Å²) in [6.45, 7) is 1.49. The molecule has 1 fully saturated rings. The molecule has 4 rings (SSSR count). The van der Waals surface area contributed by atoms with Crippen LogP contribution < -0.4 is 10.1 Å². The van der Waals surface area contributed by atoms with E-state index in [2.05, 4.69) is 15.4 Å². The van der Waals surface area contributed by atoms with Crippen LogP contribution in [0.15, 0.2) is 59.7 Å². The van der Waals surface area contributed by atoms with Crippen LogP contribution in [0.2, 0.25) is 0 Å². The number of carbonyl (C=O) groups is 2. The first-order valence-electron chi connectivity index (χ1n) is 9.48. The molecule has 2 amide bonds. The highest BCUT2D eigenvalue weighted by molar-refractivity contribution is 5.94. The number of benzene rings is 1. The molecule has 30 heavy (non-hydrogen) atoms. The number of amides is 2. The zero-order chi connectivity index (χ0) is 20.8. The predicted octanol–water partition coefficient (Wildman–Crippen LogP) is 0.897. The fourth-order valence-corrected chi connectivity index (χ4v) is 3.04. The van der Waals surface area contributed by atoms with E-state index in [1.807, 2.05) is 24.3 Å². The van der Waals surface area contributed by atoms with Crippen LogP contribution in [0.25, 0.3) is 5.69 Å². The second-order valence-corrected chi connectivity index (χ2v) is 6.64. The van der Waals surface area contributed by atoms with Gasteiger partial charge in [-0.05, 0) is 36.4 Å². The number of furan rings is 1. The summed E-state index contributed by atoms with van der Waals surface area (Å²) >= 11 is 0. The van der Waals surface area contributed by atoms with Crippen molar-refractivity contribution in [2.45, 2.75) is 6.10 Å². The summed E-state index contributed by atoms with van der Waals surface area (Å²) in [7, 11) is 0. The van der Waals surface area contributed by atoms with Gasteiger partial charge in [0.15, 0.2) is 5.76 Å². The number of hydrogen-bond donors (Lipinski definition) is 1. The topological polar surface area (TPSA) is 112 Å². The second-order valence-electron chi connectivity index (χ2n) is 6.64. The molecule has 1 unspecified atom stereocenters. The molecule has 10 nitrogen and oxygen atoms in total. The molecule has 156 valence electrons. The molecule has 3 heterocycles. The van der Waals surface area contributed by atoms with Crippen molar-refractivity contribution in [2.75, 3.05) is 32.8 Å². The molecular weight excluding hydrogens is 390 g/mol. The molecule has 10 heteroatoms. The number of hydrogen-bond acceptors (Lipinski definition) is 7. The number of nitrogens with one attached hydrogen (secondary N) is 1. The zero-order valence-electron chi connectivity index (χ0n) is 16.1. The van der Waals surface area contributed by atoms with Crippen molar-refractivity contribution in [3.8, 4) is 11.4 Å². The second kappa shape index (κ2) is 9.23. The Morgan fingerprint density at radius 3 is 2.83 bits per heavy atom. The lowest BCUT2D eigenvalue weighted by Gasteiger charge is -2.32. The van der Waals surface area contributed by atoms with Crippen molar-refractivity contribution in [1.82, 2.24) is 25.0 Å². The third kappa shape index (κ3) is 4.84. The van der Waals surface area contributed by atoms with Gasteiger partial charge in [-0.1, -0.05) is 0 Å². The van der Waals surface area contributed by atoms with Crippen molar-refractivity contribution in [2.24, 2.45) is 0 Å². The Bertz CT molecular complexity index is 956. The van der Waals surface area contributed by atoms with Crippen LogP contribution in [0.1, 0.15) is 10.6 Å². The van der Waals surface area contributed by atoms with Gasteiger partial charge >= 0.3 is 0 Å². The molecule has 0 spiro atoms. The maximum absolute atomic E-state index is 12.4. The summed E-state index contributed by atoms with van der Waals surface area (Å²) in [5, 5.41) is 6.64. The van der Waals surface area contributed by atoms with Gasteiger partial charge in [0.2, 0.25) is 5.91 Å². The van der Waals surface area contributed by atoms with Crippen LogP contribution in [0.4, 0.5) is 0 Å². The summed E-state index contributed by atoms with van der Waals surface area (Å²) in [6.07, 6.45) is 4.25. The fourth-order valence-electron chi connectivity index (χ4n) is 3.04. The summed E-state index contributed by atoms with van der Waals surface area (Å²) in [6, 6.07) is 10.6. The highest BCUT2D eigenvalue weighted by atomic mass is 16.5. The standard InChI is InChI=1S/C20H21N5O5/c26-19(10-22-20(27)18-2-1-8-29-18)24-7-9-28-17(11-24)12-30-16-5-3-15(4-6-16)25-14-21-13-23-25/h1-6,8,13-14,17H,7,9-12H2,(H,22,27). The first-order chi connectivity index (χ1) is 14.7. The molecule has 2 aromatic heterocycles. The molecule has 1 saturated heterocycles. The van der Waals surface area contributed by atoms with Crippen molar-refractivity contribution < 1.29 is 23.5 Å². The Hall–Kier alpha value is -3.66. The Morgan fingerprint density at radius 2 is 2.10 bits per heavy atom. The van der Waals surface area contributed by atoms with Crippen LogP contribution in [-0.2, 0) is 9.53 Å². The summed E-state index contributed by atoms with van der Waals surface area (Å²) in [5.74, 6) is 0.263. The lowest BCUT2D eigenvalue weighted by molar-refractivity contribution is -0.138. The molecule has 3 aromatic rings. The van der Waals surface area contributed by atoms with Gasteiger partial charge in [-0.25, -0.2) is 9.67 Å². The predicted molar refractivity (Wildman–Crippen MR) is 104 cm³/mol. The first-order valence-corrected chi connectivity index (χ1v) is 9.48. The van der Waals surface area contributed by atoms with E-state index < -0.39 is 5.91 Å². The van der Waals surface area contributed by atoms with Gasteiger partial charge in [0.1, 0.15) is 31.1 Å². The van der Waals surface area contributed by atoms with Crippen molar-refractivity contribution in [1.29, 1.82) is 0 Å². The van der Waals surface area contributed by atoms with Crippen molar-refractivity contribution in [3.05, 3.63) is 61.1 Å². The summed E-state index contributed by atoms with van der Waals surface area (Å²) in [4.78, 5) is 29.9. The van der Waals surface area contributed by atoms with Gasteiger partial charge in [-0.15, -0.1) is 0 Å². The van der Waals surface area contributed by atoms with E-state index in [0.29, 0.717) is 32.1 Å². The Kier molecular flexibility index (Phi) is 6.04. The van der Waals surface area contributed by atoms with E-state index in [4.69, 9.17) is 13.9 Å². The third-order valence-electron chi connectivity index (χ3n) is 4.59. The molecule has 0 radical (unpaired) electrons. The lowest BCUT2D eigenvalue weighted by atomic mass is 10.2. The molecule has 1 aromatic carbocycles. The highest BCUT2D eigenvalue weighted by Gasteiger charge is 2.25. The van der Waals surface area contributed by atoms with E-state index in [1.54, 1.807) is 28.0 Å². The average Bonchev–Trinajstić information content (AvgIpc) is 3.51. The monoisotopic (exact) mass is 411 g/mol. The highest BCUT2D eigenvalue weighted by Crippen LogP contribution is 2.16. The molecule has 1 aliphatic heterocycles.